The summed E-state index contributed by atoms with van der Waals surface area (Å²) in [6.45, 7) is 0. The van der Waals surface area contributed by atoms with Crippen LogP contribution in [0.3, 0.4) is 0 Å². The molecule has 0 aliphatic carbocycles. The molecule has 0 saturated carbocycles. The minimum Gasteiger partial charge on any atom is -0.358 e. The molecule has 0 radical (unpaired) electrons. The number of benzene rings is 1. The number of halogens is 2. The molecule has 0 aliphatic heterocycles. The first-order valence-corrected chi connectivity index (χ1v) is 8.23. The van der Waals surface area contributed by atoms with Crippen molar-refractivity contribution in [2.24, 2.45) is 0 Å². The fraction of sp³-hybridized carbons (Fsp3) is 0.0909. The van der Waals surface area contributed by atoms with E-state index in [4.69, 9.17) is 10.5 Å². The largest absolute Gasteiger partial charge is 0.358 e. The number of hydrogen-bond donors (Lipinski definition) is 1. The highest BCUT2D eigenvalue weighted by molar-refractivity contribution is 9.11. The monoisotopic (exact) mass is 403 g/mol. The second-order valence-electron chi connectivity index (χ2n) is 3.46. The van der Waals surface area contributed by atoms with Crippen LogP contribution in [0.15, 0.2) is 37.7 Å². The predicted molar refractivity (Wildman–Crippen MR) is 77.9 cm³/mol. The van der Waals surface area contributed by atoms with Crippen molar-refractivity contribution >= 4 is 47.4 Å². The van der Waals surface area contributed by atoms with Crippen molar-refractivity contribution in [1.82, 2.24) is 0 Å². The summed E-state index contributed by atoms with van der Waals surface area (Å²) in [5.41, 5.74) is 0.432. The van der Waals surface area contributed by atoms with E-state index >= 15 is 0 Å². The van der Waals surface area contributed by atoms with Gasteiger partial charge in [-0.1, -0.05) is 0 Å². The van der Waals surface area contributed by atoms with Gasteiger partial charge in [0.25, 0.3) is 0 Å². The average Bonchev–Trinajstić information content (AvgIpc) is 2.31. The van der Waals surface area contributed by atoms with Gasteiger partial charge in [-0.2, -0.15) is 10.5 Å². The van der Waals surface area contributed by atoms with Gasteiger partial charge in [0.05, 0.1) is 10.6 Å². The van der Waals surface area contributed by atoms with Gasteiger partial charge in [-0.25, -0.2) is 8.42 Å². The minimum absolute atomic E-state index is 0.0917. The molecular formula is C11H7Br2N3O2S. The van der Waals surface area contributed by atoms with Gasteiger partial charge in [0.2, 0.25) is 0 Å². The van der Waals surface area contributed by atoms with Crippen LogP contribution in [-0.4, -0.2) is 14.7 Å². The summed E-state index contributed by atoms with van der Waals surface area (Å²) in [7, 11) is -3.31. The Morgan fingerprint density at radius 3 is 2.11 bits per heavy atom. The number of sulfone groups is 1. The normalized spacial score (nSPS) is 10.2. The Kier molecular flexibility index (Phi) is 5.12. The number of nitriles is 2. The first-order valence-electron chi connectivity index (χ1n) is 4.75. The number of nitrogens with one attached hydrogen (secondary N) is 1. The highest BCUT2D eigenvalue weighted by Gasteiger charge is 2.13. The zero-order valence-corrected chi connectivity index (χ0v) is 13.6. The highest BCUT2D eigenvalue weighted by Crippen LogP contribution is 2.34. The van der Waals surface area contributed by atoms with E-state index in [0.29, 0.717) is 14.6 Å². The van der Waals surface area contributed by atoms with Crippen LogP contribution < -0.4 is 5.32 Å². The Bertz CT molecular complexity index is 688. The molecule has 1 aromatic rings. The molecule has 5 nitrogen and oxygen atoms in total. The summed E-state index contributed by atoms with van der Waals surface area (Å²) < 4.78 is 23.9. The van der Waals surface area contributed by atoms with Crippen LogP contribution in [0.25, 0.3) is 0 Å². The predicted octanol–water partition coefficient (Wildman–Crippen LogP) is 2.96. The van der Waals surface area contributed by atoms with E-state index in [1.165, 1.54) is 18.3 Å². The molecule has 1 aromatic carbocycles. The summed E-state index contributed by atoms with van der Waals surface area (Å²) in [4.78, 5) is 0.154. The first-order chi connectivity index (χ1) is 8.79. The van der Waals surface area contributed by atoms with Crippen molar-refractivity contribution in [3.8, 4) is 12.1 Å². The second kappa shape index (κ2) is 6.20. The fourth-order valence-corrected chi connectivity index (χ4v) is 3.52. The van der Waals surface area contributed by atoms with Crippen molar-refractivity contribution in [2.45, 2.75) is 4.90 Å². The van der Waals surface area contributed by atoms with Crippen molar-refractivity contribution in [2.75, 3.05) is 11.6 Å². The molecule has 98 valence electrons. The summed E-state index contributed by atoms with van der Waals surface area (Å²) in [6.07, 6.45) is 2.35. The first kappa shape index (κ1) is 15.7. The van der Waals surface area contributed by atoms with Gasteiger partial charge in [-0.15, -0.1) is 0 Å². The Hall–Kier alpha value is -1.35. The van der Waals surface area contributed by atoms with E-state index in [9.17, 15) is 8.42 Å². The smallest absolute Gasteiger partial charge is 0.175 e. The SMILES string of the molecule is CS(=O)(=O)c1cc(Br)c(NC=C(C#N)C#N)c(Br)c1. The molecule has 0 aliphatic rings. The second-order valence-corrected chi connectivity index (χ2v) is 7.18. The molecule has 0 unspecified atom stereocenters. The standard InChI is InChI=1S/C11H7Br2N3O2S/c1-19(17,18)8-2-9(12)11(10(13)3-8)16-6-7(4-14)5-15/h2-3,6,16H,1H3. The molecule has 19 heavy (non-hydrogen) atoms. The molecule has 0 amide bonds. The lowest BCUT2D eigenvalue weighted by molar-refractivity contribution is 0.602. The van der Waals surface area contributed by atoms with Crippen molar-refractivity contribution in [3.63, 3.8) is 0 Å². The number of anilines is 1. The maximum absolute atomic E-state index is 11.4. The van der Waals surface area contributed by atoms with Crippen LogP contribution in [0, 0.1) is 22.7 Å². The molecule has 0 heterocycles. The molecule has 8 heteroatoms. The van der Waals surface area contributed by atoms with E-state index in [1.807, 2.05) is 0 Å². The molecular weight excluding hydrogens is 398 g/mol. The van der Waals surface area contributed by atoms with Crippen LogP contribution in [0.5, 0.6) is 0 Å². The Morgan fingerprint density at radius 1 is 1.26 bits per heavy atom. The molecule has 0 aromatic heterocycles. The van der Waals surface area contributed by atoms with Gasteiger partial charge in [-0.3, -0.25) is 0 Å². The van der Waals surface area contributed by atoms with Crippen molar-refractivity contribution in [3.05, 3.63) is 32.9 Å². The van der Waals surface area contributed by atoms with E-state index in [1.54, 1.807) is 12.1 Å². The molecule has 0 bridgehead atoms. The fourth-order valence-electron chi connectivity index (χ4n) is 1.14. The molecule has 1 rings (SSSR count). The van der Waals surface area contributed by atoms with Gasteiger partial charge in [-0.05, 0) is 44.0 Å². The van der Waals surface area contributed by atoms with Crippen molar-refractivity contribution < 1.29 is 8.42 Å². The van der Waals surface area contributed by atoms with Gasteiger partial charge in [0.1, 0.15) is 17.7 Å². The van der Waals surface area contributed by atoms with Crippen molar-refractivity contribution in [1.29, 1.82) is 10.5 Å². The number of hydrogen-bond acceptors (Lipinski definition) is 5. The quantitative estimate of drug-likeness (QED) is 0.781. The third-order valence-electron chi connectivity index (χ3n) is 2.05. The Labute approximate surface area is 127 Å². The maximum atomic E-state index is 11.4. The van der Waals surface area contributed by atoms with Crippen LogP contribution in [0.2, 0.25) is 0 Å². The zero-order chi connectivity index (χ0) is 14.6. The summed E-state index contributed by atoms with van der Waals surface area (Å²) in [5.74, 6) is 0. The third-order valence-corrected chi connectivity index (χ3v) is 4.39. The number of rotatable bonds is 3. The number of allylic oxidation sites excluding steroid dienone is 1. The summed E-state index contributed by atoms with van der Waals surface area (Å²) in [5, 5.41) is 20.0. The van der Waals surface area contributed by atoms with Crippen LogP contribution in [0.4, 0.5) is 5.69 Å². The summed E-state index contributed by atoms with van der Waals surface area (Å²) >= 11 is 6.46. The van der Waals surface area contributed by atoms with Gasteiger partial charge in [0, 0.05) is 21.4 Å². The van der Waals surface area contributed by atoms with Gasteiger partial charge < -0.3 is 5.32 Å². The number of nitrogens with zero attached hydrogens (tertiary/aromatic N) is 2. The van der Waals surface area contributed by atoms with Gasteiger partial charge in [0.15, 0.2) is 9.84 Å². The van der Waals surface area contributed by atoms with Crippen LogP contribution >= 0.6 is 31.9 Å². The van der Waals surface area contributed by atoms with E-state index in [0.717, 1.165) is 6.26 Å². The molecule has 1 N–H and O–H groups in total. The topological polar surface area (TPSA) is 93.8 Å². The lowest BCUT2D eigenvalue weighted by atomic mass is 10.3. The third kappa shape index (κ3) is 4.06. The highest BCUT2D eigenvalue weighted by atomic mass is 79.9. The lowest BCUT2D eigenvalue weighted by Crippen LogP contribution is -1.99. The van der Waals surface area contributed by atoms with E-state index < -0.39 is 9.84 Å². The summed E-state index contributed by atoms with van der Waals surface area (Å²) in [6, 6.07) is 6.29. The Balaban J connectivity index is 3.24. The lowest BCUT2D eigenvalue weighted by Gasteiger charge is -2.09. The van der Waals surface area contributed by atoms with Gasteiger partial charge >= 0.3 is 0 Å². The average molecular weight is 405 g/mol. The Morgan fingerprint density at radius 2 is 1.74 bits per heavy atom. The molecule has 0 spiro atoms. The van der Waals surface area contributed by atoms with Crippen LogP contribution in [-0.2, 0) is 9.84 Å². The molecule has 0 atom stereocenters. The molecule has 0 saturated heterocycles. The molecule has 0 fully saturated rings. The van der Waals surface area contributed by atoms with E-state index in [-0.39, 0.29) is 10.5 Å². The maximum Gasteiger partial charge on any atom is 0.175 e. The zero-order valence-electron chi connectivity index (χ0n) is 9.61. The van der Waals surface area contributed by atoms with E-state index in [2.05, 4.69) is 37.2 Å². The minimum atomic E-state index is -3.31. The van der Waals surface area contributed by atoms with Crippen LogP contribution in [0.1, 0.15) is 0 Å².